The van der Waals surface area contributed by atoms with Crippen LogP contribution in [-0.2, 0) is 16.2 Å². The van der Waals surface area contributed by atoms with Gasteiger partial charge in [-0.1, -0.05) is 32.0 Å². The summed E-state index contributed by atoms with van der Waals surface area (Å²) in [5.74, 6) is -0.418. The highest BCUT2D eigenvalue weighted by Gasteiger charge is 2.24. The number of hydrogen-bond donors (Lipinski definition) is 4. The van der Waals surface area contributed by atoms with E-state index in [1.54, 1.807) is 38.2 Å². The number of anilines is 1. The second-order valence-corrected chi connectivity index (χ2v) is 5.55. The van der Waals surface area contributed by atoms with Crippen molar-refractivity contribution in [3.05, 3.63) is 29.8 Å². The predicted molar refractivity (Wildman–Crippen MR) is 86.3 cm³/mol. The fourth-order valence-corrected chi connectivity index (χ4v) is 2.16. The van der Waals surface area contributed by atoms with Crippen molar-refractivity contribution < 1.29 is 14.7 Å². The molecule has 122 valence electrons. The van der Waals surface area contributed by atoms with Crippen molar-refractivity contribution in [2.45, 2.75) is 39.5 Å². The highest BCUT2D eigenvalue weighted by molar-refractivity contribution is 5.98. The van der Waals surface area contributed by atoms with E-state index in [4.69, 9.17) is 0 Å². The number of aliphatic hydroxyl groups excluding tert-OH is 1. The second-order valence-electron chi connectivity index (χ2n) is 5.55. The van der Waals surface area contributed by atoms with E-state index in [1.165, 1.54) is 0 Å². The maximum atomic E-state index is 12.2. The van der Waals surface area contributed by atoms with Gasteiger partial charge in [0.25, 0.3) is 0 Å². The van der Waals surface area contributed by atoms with E-state index in [0.29, 0.717) is 11.3 Å². The molecule has 0 radical (unpaired) electrons. The maximum Gasteiger partial charge on any atom is 0.246 e. The van der Waals surface area contributed by atoms with Gasteiger partial charge < -0.3 is 21.1 Å². The number of aliphatic hydroxyl groups is 1. The normalized spacial score (nSPS) is 13.5. The number of likely N-dealkylation sites (N-methyl/N-ethyl adjacent to an activating group) is 1. The molecule has 0 fully saturated rings. The van der Waals surface area contributed by atoms with Gasteiger partial charge in [0.15, 0.2) is 0 Å². The summed E-state index contributed by atoms with van der Waals surface area (Å²) in [7, 11) is 1.71. The Morgan fingerprint density at radius 3 is 2.32 bits per heavy atom. The first-order chi connectivity index (χ1) is 10.4. The van der Waals surface area contributed by atoms with Gasteiger partial charge in [0.05, 0.1) is 12.6 Å². The summed E-state index contributed by atoms with van der Waals surface area (Å²) in [6, 6.07) is 5.98. The minimum Gasteiger partial charge on any atom is -0.392 e. The molecule has 4 N–H and O–H groups in total. The molecule has 1 aromatic rings. The Labute approximate surface area is 131 Å². The molecule has 0 spiro atoms. The number of hydrogen-bond acceptors (Lipinski definition) is 4. The van der Waals surface area contributed by atoms with Crippen LogP contribution in [0, 0.1) is 5.92 Å². The van der Waals surface area contributed by atoms with E-state index in [-0.39, 0.29) is 30.4 Å². The molecule has 1 aromatic carbocycles. The van der Waals surface area contributed by atoms with Crippen molar-refractivity contribution >= 4 is 17.5 Å². The average Bonchev–Trinajstić information content (AvgIpc) is 2.47. The van der Waals surface area contributed by atoms with E-state index in [2.05, 4.69) is 16.0 Å². The molecule has 0 aliphatic carbocycles. The molecule has 2 amide bonds. The van der Waals surface area contributed by atoms with Gasteiger partial charge in [-0.05, 0) is 26.0 Å². The maximum absolute atomic E-state index is 12.2. The second kappa shape index (κ2) is 8.51. The van der Waals surface area contributed by atoms with E-state index < -0.39 is 6.04 Å². The Balaban J connectivity index is 2.67. The molecule has 2 atom stereocenters. The summed E-state index contributed by atoms with van der Waals surface area (Å²) >= 11 is 0. The van der Waals surface area contributed by atoms with Gasteiger partial charge in [-0.2, -0.15) is 0 Å². The number of carbonyl (C=O) groups is 2. The Morgan fingerprint density at radius 1 is 1.14 bits per heavy atom. The molecule has 0 aliphatic heterocycles. The van der Waals surface area contributed by atoms with Crippen LogP contribution in [0.3, 0.4) is 0 Å². The Kier molecular flexibility index (Phi) is 7.01. The SMILES string of the molecule is CNC(C(=O)N[C@@H](C)C(=O)Nc1ccccc1CO)C(C)C. The minimum atomic E-state index is -0.672. The Hall–Kier alpha value is -1.92. The van der Waals surface area contributed by atoms with Crippen molar-refractivity contribution in [1.82, 2.24) is 10.6 Å². The summed E-state index contributed by atoms with van der Waals surface area (Å²) < 4.78 is 0. The third-order valence-electron chi connectivity index (χ3n) is 3.46. The van der Waals surface area contributed by atoms with Crippen LogP contribution >= 0.6 is 0 Å². The molecule has 0 saturated heterocycles. The third-order valence-corrected chi connectivity index (χ3v) is 3.46. The first kappa shape index (κ1) is 18.1. The number of benzene rings is 1. The first-order valence-electron chi connectivity index (χ1n) is 7.38. The van der Waals surface area contributed by atoms with E-state index in [0.717, 1.165) is 0 Å². The fraction of sp³-hybridized carbons (Fsp3) is 0.500. The van der Waals surface area contributed by atoms with Crippen LogP contribution in [0.1, 0.15) is 26.3 Å². The smallest absolute Gasteiger partial charge is 0.246 e. The molecule has 0 aromatic heterocycles. The summed E-state index contributed by atoms with van der Waals surface area (Å²) in [4.78, 5) is 24.3. The van der Waals surface area contributed by atoms with Crippen molar-refractivity contribution in [2.24, 2.45) is 5.92 Å². The molecule has 6 heteroatoms. The molecule has 1 unspecified atom stereocenters. The topological polar surface area (TPSA) is 90.5 Å². The Bertz CT molecular complexity index is 517. The van der Waals surface area contributed by atoms with Gasteiger partial charge in [-0.15, -0.1) is 0 Å². The summed E-state index contributed by atoms with van der Waals surface area (Å²) in [6.45, 7) is 5.33. The zero-order chi connectivity index (χ0) is 16.7. The Morgan fingerprint density at radius 2 is 1.77 bits per heavy atom. The van der Waals surface area contributed by atoms with Gasteiger partial charge in [0, 0.05) is 11.3 Å². The van der Waals surface area contributed by atoms with Gasteiger partial charge in [-0.3, -0.25) is 9.59 Å². The number of nitrogens with one attached hydrogen (secondary N) is 3. The van der Waals surface area contributed by atoms with Gasteiger partial charge >= 0.3 is 0 Å². The minimum absolute atomic E-state index is 0.121. The van der Waals surface area contributed by atoms with Crippen LogP contribution in [0.2, 0.25) is 0 Å². The van der Waals surface area contributed by atoms with E-state index in [1.807, 2.05) is 13.8 Å². The summed E-state index contributed by atoms with van der Waals surface area (Å²) in [5, 5.41) is 17.6. The van der Waals surface area contributed by atoms with Crippen LogP contribution < -0.4 is 16.0 Å². The van der Waals surface area contributed by atoms with Crippen molar-refractivity contribution in [1.29, 1.82) is 0 Å². The monoisotopic (exact) mass is 307 g/mol. The van der Waals surface area contributed by atoms with Crippen molar-refractivity contribution in [3.63, 3.8) is 0 Å². The lowest BCUT2D eigenvalue weighted by Gasteiger charge is -2.22. The fourth-order valence-electron chi connectivity index (χ4n) is 2.16. The molecule has 0 saturated carbocycles. The molecular weight excluding hydrogens is 282 g/mol. The molecular formula is C16H25N3O3. The summed E-state index contributed by atoms with van der Waals surface area (Å²) in [5.41, 5.74) is 1.18. The van der Waals surface area contributed by atoms with Gasteiger partial charge in [0.1, 0.15) is 6.04 Å². The zero-order valence-corrected chi connectivity index (χ0v) is 13.5. The number of rotatable bonds is 7. The molecule has 1 rings (SSSR count). The lowest BCUT2D eigenvalue weighted by Crippen LogP contribution is -2.51. The molecule has 0 heterocycles. The molecule has 0 aliphatic rings. The lowest BCUT2D eigenvalue weighted by molar-refractivity contribution is -0.128. The third kappa shape index (κ3) is 4.82. The van der Waals surface area contributed by atoms with Gasteiger partial charge in [0.2, 0.25) is 11.8 Å². The zero-order valence-electron chi connectivity index (χ0n) is 13.5. The predicted octanol–water partition coefficient (Wildman–Crippen LogP) is 0.866. The first-order valence-corrected chi connectivity index (χ1v) is 7.38. The van der Waals surface area contributed by atoms with E-state index >= 15 is 0 Å². The number of amides is 2. The standard InChI is InChI=1S/C16H25N3O3/c1-10(2)14(17-4)16(22)18-11(3)15(21)19-13-8-6-5-7-12(13)9-20/h5-8,10-11,14,17,20H,9H2,1-4H3,(H,18,22)(H,19,21)/t11-,14?/m0/s1. The van der Waals surface area contributed by atoms with Crippen LogP contribution in [0.15, 0.2) is 24.3 Å². The van der Waals surface area contributed by atoms with E-state index in [9.17, 15) is 14.7 Å². The van der Waals surface area contributed by atoms with Crippen molar-refractivity contribution in [2.75, 3.05) is 12.4 Å². The van der Waals surface area contributed by atoms with Crippen LogP contribution in [-0.4, -0.2) is 36.1 Å². The highest BCUT2D eigenvalue weighted by Crippen LogP contribution is 2.15. The molecule has 22 heavy (non-hydrogen) atoms. The van der Waals surface area contributed by atoms with Crippen LogP contribution in [0.5, 0.6) is 0 Å². The molecule has 6 nitrogen and oxygen atoms in total. The number of para-hydroxylation sites is 1. The lowest BCUT2D eigenvalue weighted by atomic mass is 10.0. The van der Waals surface area contributed by atoms with Crippen molar-refractivity contribution in [3.8, 4) is 0 Å². The molecule has 0 bridgehead atoms. The quantitative estimate of drug-likeness (QED) is 0.601. The summed E-state index contributed by atoms with van der Waals surface area (Å²) in [6.07, 6.45) is 0. The largest absolute Gasteiger partial charge is 0.392 e. The van der Waals surface area contributed by atoms with Gasteiger partial charge in [-0.25, -0.2) is 0 Å². The number of carbonyl (C=O) groups excluding carboxylic acids is 2. The van der Waals surface area contributed by atoms with Crippen LogP contribution in [0.4, 0.5) is 5.69 Å². The van der Waals surface area contributed by atoms with Crippen LogP contribution in [0.25, 0.3) is 0 Å². The average molecular weight is 307 g/mol. The highest BCUT2D eigenvalue weighted by atomic mass is 16.3.